The summed E-state index contributed by atoms with van der Waals surface area (Å²) < 4.78 is 22.1. The van der Waals surface area contributed by atoms with Gasteiger partial charge >= 0.3 is 29.8 Å². The number of benzene rings is 2. The summed E-state index contributed by atoms with van der Waals surface area (Å²) in [6.07, 6.45) is -0.761. The second-order valence-electron chi connectivity index (χ2n) is 16.5. The molecule has 0 bridgehead atoms. The van der Waals surface area contributed by atoms with Crippen LogP contribution in [0.2, 0.25) is 25.7 Å². The van der Waals surface area contributed by atoms with E-state index in [9.17, 15) is 28.8 Å². The maximum absolute atomic E-state index is 14.0. The van der Waals surface area contributed by atoms with E-state index in [1.807, 2.05) is 42.5 Å². The van der Waals surface area contributed by atoms with Crippen molar-refractivity contribution in [3.8, 4) is 0 Å². The number of Topliss-reactive ketones (excluding diaryl/α,β-unsaturated/α-hetero) is 1. The molecule has 3 rings (SSSR count). The van der Waals surface area contributed by atoms with E-state index in [2.05, 4.69) is 26.6 Å². The topological polar surface area (TPSA) is 139 Å². The number of ketones is 1. The SMILES string of the molecule is CC(=O)C(C)OC(=O)C(C)CC(CC(CC1C(=O)OC(=O)C1CC(C)C[Si](C)(C)C)C(=O)OC(C)(C)C)C(=O)OCc1cccc2ccccc12. The van der Waals surface area contributed by atoms with Crippen molar-refractivity contribution in [3.63, 3.8) is 0 Å². The van der Waals surface area contributed by atoms with Crippen LogP contribution in [0.1, 0.15) is 79.7 Å². The van der Waals surface area contributed by atoms with Crippen LogP contribution in [0.3, 0.4) is 0 Å². The fraction of sp³-hybridized carbons (Fsp3) is 0.600. The third-order valence-corrected chi connectivity index (χ3v) is 11.2. The van der Waals surface area contributed by atoms with Crippen molar-refractivity contribution in [1.29, 1.82) is 0 Å². The van der Waals surface area contributed by atoms with E-state index in [1.165, 1.54) is 13.8 Å². The molecule has 0 radical (unpaired) electrons. The highest BCUT2D eigenvalue weighted by Crippen LogP contribution is 2.39. The maximum Gasteiger partial charge on any atom is 0.317 e. The van der Waals surface area contributed by atoms with Gasteiger partial charge in [-0.3, -0.25) is 28.8 Å². The number of hydrogen-bond acceptors (Lipinski definition) is 10. The Morgan fingerprint density at radius 3 is 2.02 bits per heavy atom. The molecule has 0 spiro atoms. The lowest BCUT2D eigenvalue weighted by atomic mass is 9.78. The highest BCUT2D eigenvalue weighted by Gasteiger charge is 2.47. The fourth-order valence-corrected chi connectivity index (χ4v) is 9.11. The van der Waals surface area contributed by atoms with Gasteiger partial charge in [0.25, 0.3) is 0 Å². The normalized spacial score (nSPS) is 19.4. The summed E-state index contributed by atoms with van der Waals surface area (Å²) in [5, 5.41) is 1.90. The van der Waals surface area contributed by atoms with E-state index in [-0.39, 0.29) is 37.6 Å². The van der Waals surface area contributed by atoms with Crippen LogP contribution in [0.25, 0.3) is 10.8 Å². The summed E-state index contributed by atoms with van der Waals surface area (Å²) in [4.78, 5) is 78.8. The predicted octanol–water partition coefficient (Wildman–Crippen LogP) is 7.46. The van der Waals surface area contributed by atoms with Gasteiger partial charge in [-0.2, -0.15) is 0 Å². The maximum atomic E-state index is 14.0. The zero-order valence-electron chi connectivity index (χ0n) is 31.9. The quantitative estimate of drug-likeness (QED) is 0.0699. The number of ether oxygens (including phenoxy) is 4. The third-order valence-electron chi connectivity index (χ3n) is 9.25. The van der Waals surface area contributed by atoms with Crippen molar-refractivity contribution in [2.75, 3.05) is 0 Å². The minimum atomic E-state index is -1.47. The Balaban J connectivity index is 1.94. The van der Waals surface area contributed by atoms with Crippen molar-refractivity contribution < 1.29 is 47.7 Å². The Kier molecular flexibility index (Phi) is 14.3. The molecule has 0 aliphatic carbocycles. The number of esters is 5. The Labute approximate surface area is 303 Å². The Bertz CT molecular complexity index is 1580. The minimum Gasteiger partial charge on any atom is -0.461 e. The molecule has 0 aromatic heterocycles. The lowest BCUT2D eigenvalue weighted by Gasteiger charge is -2.29. The van der Waals surface area contributed by atoms with Gasteiger partial charge in [0.05, 0.1) is 29.6 Å². The number of cyclic esters (lactones) is 2. The van der Waals surface area contributed by atoms with E-state index in [0.717, 1.165) is 22.4 Å². The molecule has 7 atom stereocenters. The molecule has 11 heteroatoms. The summed E-state index contributed by atoms with van der Waals surface area (Å²) in [6, 6.07) is 14.4. The van der Waals surface area contributed by atoms with Gasteiger partial charge in [-0.05, 0) is 82.6 Å². The van der Waals surface area contributed by atoms with E-state index >= 15 is 0 Å². The summed E-state index contributed by atoms with van der Waals surface area (Å²) in [5.41, 5.74) is -0.0919. The van der Waals surface area contributed by atoms with E-state index in [1.54, 1.807) is 27.7 Å². The van der Waals surface area contributed by atoms with Crippen LogP contribution in [0.4, 0.5) is 0 Å². The first-order valence-electron chi connectivity index (χ1n) is 18.0. The van der Waals surface area contributed by atoms with Crippen molar-refractivity contribution in [2.24, 2.45) is 35.5 Å². The summed E-state index contributed by atoms with van der Waals surface area (Å²) in [6.45, 7) is 18.3. The molecular weight excluding hydrogens is 669 g/mol. The van der Waals surface area contributed by atoms with Gasteiger partial charge in [-0.25, -0.2) is 0 Å². The van der Waals surface area contributed by atoms with Crippen molar-refractivity contribution in [2.45, 2.75) is 118 Å². The second-order valence-corrected chi connectivity index (χ2v) is 22.1. The largest absolute Gasteiger partial charge is 0.461 e. The van der Waals surface area contributed by atoms with Gasteiger partial charge in [0, 0.05) is 8.07 Å². The lowest BCUT2D eigenvalue weighted by molar-refractivity contribution is -0.163. The molecule has 2 aromatic rings. The first-order chi connectivity index (χ1) is 23.6. The zero-order chi connectivity index (χ0) is 38.3. The minimum absolute atomic E-state index is 0.0471. The molecule has 2 aromatic carbocycles. The molecule has 10 nitrogen and oxygen atoms in total. The standard InChI is InChI=1S/C40H56O10Si/c1-24(23-51(8,9)10)18-33-34(39(46)49-38(33)45)21-31(37(44)50-40(5,6)7)20-30(19-25(2)35(42)48-27(4)26(3)41)36(43)47-22-29-16-13-15-28-14-11-12-17-32(28)29/h11-17,24-25,27,30-31,33-34H,18-23H2,1-10H3. The molecule has 0 amide bonds. The van der Waals surface area contributed by atoms with Gasteiger partial charge in [0.15, 0.2) is 11.9 Å². The van der Waals surface area contributed by atoms with Gasteiger partial charge in [-0.1, -0.05) is 82.0 Å². The molecule has 1 aliphatic heterocycles. The van der Waals surface area contributed by atoms with Crippen molar-refractivity contribution in [3.05, 3.63) is 48.0 Å². The molecule has 1 saturated heterocycles. The summed E-state index contributed by atoms with van der Waals surface area (Å²) in [7, 11) is -1.47. The van der Waals surface area contributed by atoms with Crippen LogP contribution in [-0.2, 0) is 54.3 Å². The molecule has 1 aliphatic rings. The van der Waals surface area contributed by atoms with Gasteiger partial charge in [-0.15, -0.1) is 0 Å². The van der Waals surface area contributed by atoms with Crippen molar-refractivity contribution >= 4 is 54.5 Å². The smallest absolute Gasteiger partial charge is 0.317 e. The Morgan fingerprint density at radius 2 is 1.41 bits per heavy atom. The number of hydrogen-bond donors (Lipinski definition) is 0. The van der Waals surface area contributed by atoms with Crippen LogP contribution in [0.5, 0.6) is 0 Å². The highest BCUT2D eigenvalue weighted by atomic mass is 28.3. The summed E-state index contributed by atoms with van der Waals surface area (Å²) >= 11 is 0. The lowest BCUT2D eigenvalue weighted by Crippen LogP contribution is -2.35. The van der Waals surface area contributed by atoms with E-state index in [0.29, 0.717) is 6.42 Å². The average Bonchev–Trinajstić information content (AvgIpc) is 3.27. The van der Waals surface area contributed by atoms with Crippen LogP contribution < -0.4 is 0 Å². The average molecular weight is 725 g/mol. The second kappa shape index (κ2) is 17.6. The molecule has 280 valence electrons. The third kappa shape index (κ3) is 12.7. The van der Waals surface area contributed by atoms with Crippen LogP contribution in [0.15, 0.2) is 42.5 Å². The zero-order valence-corrected chi connectivity index (χ0v) is 32.9. The van der Waals surface area contributed by atoms with E-state index < -0.39 is 79.2 Å². The molecule has 1 fully saturated rings. The van der Waals surface area contributed by atoms with Gasteiger partial charge < -0.3 is 18.9 Å². The molecule has 51 heavy (non-hydrogen) atoms. The first-order valence-corrected chi connectivity index (χ1v) is 21.7. The Hall–Kier alpha value is -3.86. The Morgan fingerprint density at radius 1 is 0.804 bits per heavy atom. The first kappa shape index (κ1) is 41.6. The van der Waals surface area contributed by atoms with Crippen LogP contribution >= 0.6 is 0 Å². The summed E-state index contributed by atoms with van der Waals surface area (Å²) in [5.74, 6) is -7.85. The van der Waals surface area contributed by atoms with E-state index in [4.69, 9.17) is 18.9 Å². The number of rotatable bonds is 17. The molecule has 0 N–H and O–H groups in total. The molecule has 0 saturated carbocycles. The van der Waals surface area contributed by atoms with Gasteiger partial charge in [0.1, 0.15) is 12.2 Å². The molecule has 7 unspecified atom stereocenters. The van der Waals surface area contributed by atoms with Crippen molar-refractivity contribution in [1.82, 2.24) is 0 Å². The fourth-order valence-electron chi connectivity index (χ4n) is 6.86. The molecule has 1 heterocycles. The number of carbonyl (C=O) groups excluding carboxylic acids is 6. The number of carbonyl (C=O) groups is 6. The highest BCUT2D eigenvalue weighted by molar-refractivity contribution is 6.76. The number of fused-ring (bicyclic) bond motifs is 1. The van der Waals surface area contributed by atoms with Gasteiger partial charge in [0.2, 0.25) is 0 Å². The van der Waals surface area contributed by atoms with Crippen LogP contribution in [-0.4, -0.2) is 55.4 Å². The molecular formula is C40H56O10Si. The predicted molar refractivity (Wildman–Crippen MR) is 196 cm³/mol. The monoisotopic (exact) mass is 724 g/mol. The van der Waals surface area contributed by atoms with Crippen LogP contribution in [0, 0.1) is 35.5 Å².